The molecule has 0 atom stereocenters. The zero-order chi connectivity index (χ0) is 11.8. The minimum atomic E-state index is -0.0411. The van der Waals surface area contributed by atoms with E-state index in [0.717, 1.165) is 18.7 Å². The molecule has 0 saturated heterocycles. The lowest BCUT2D eigenvalue weighted by Gasteiger charge is -2.02. The average molecular weight is 224 g/mol. The molecule has 0 saturated carbocycles. The Morgan fingerprint density at radius 2 is 2.31 bits per heavy atom. The van der Waals surface area contributed by atoms with Crippen LogP contribution in [-0.4, -0.2) is 29.3 Å². The summed E-state index contributed by atoms with van der Waals surface area (Å²) in [6.45, 7) is 3.41. The molecule has 2 N–H and O–H groups in total. The number of nitrogens with one attached hydrogen (secondary N) is 2. The first-order valence-corrected chi connectivity index (χ1v) is 5.73. The summed E-state index contributed by atoms with van der Waals surface area (Å²) in [5, 5.41) is 9.93. The fourth-order valence-corrected chi connectivity index (χ4v) is 1.38. The van der Waals surface area contributed by atoms with Gasteiger partial charge >= 0.3 is 0 Å². The predicted octanol–water partition coefficient (Wildman–Crippen LogP) is 1.23. The summed E-state index contributed by atoms with van der Waals surface area (Å²) in [6, 6.07) is 0. The van der Waals surface area contributed by atoms with Crippen molar-refractivity contribution in [3.63, 3.8) is 0 Å². The topological polar surface area (TPSA) is 59.0 Å². The summed E-state index contributed by atoms with van der Waals surface area (Å²) in [5.41, 5.74) is 0.972. The Hall–Kier alpha value is -1.52. The van der Waals surface area contributed by atoms with Crippen LogP contribution in [0.25, 0.3) is 0 Å². The van der Waals surface area contributed by atoms with E-state index in [-0.39, 0.29) is 12.5 Å². The molecular formula is C11H20N4O. The molecule has 90 valence electrons. The van der Waals surface area contributed by atoms with Crippen LogP contribution >= 0.6 is 0 Å². The Morgan fingerprint density at radius 3 is 3.00 bits per heavy atom. The molecule has 0 bridgehead atoms. The maximum absolute atomic E-state index is 11.1. The molecule has 1 aromatic rings. The Morgan fingerprint density at radius 1 is 1.50 bits per heavy atom. The van der Waals surface area contributed by atoms with Crippen molar-refractivity contribution in [2.75, 3.05) is 18.9 Å². The molecule has 1 amide bonds. The van der Waals surface area contributed by atoms with Gasteiger partial charge in [0.05, 0.1) is 11.9 Å². The van der Waals surface area contributed by atoms with E-state index >= 15 is 0 Å². The highest BCUT2D eigenvalue weighted by atomic mass is 16.1. The van der Waals surface area contributed by atoms with E-state index in [4.69, 9.17) is 0 Å². The van der Waals surface area contributed by atoms with Crippen LogP contribution in [0, 0.1) is 0 Å². The zero-order valence-electron chi connectivity index (χ0n) is 9.99. The zero-order valence-corrected chi connectivity index (χ0v) is 9.99. The number of carbonyl (C=O) groups is 1. The lowest BCUT2D eigenvalue weighted by atomic mass is 10.2. The van der Waals surface area contributed by atoms with E-state index in [9.17, 15) is 4.79 Å². The first kappa shape index (κ1) is 12.5. The molecule has 5 nitrogen and oxygen atoms in total. The molecule has 0 fully saturated rings. The van der Waals surface area contributed by atoms with Crippen molar-refractivity contribution in [2.45, 2.75) is 32.7 Å². The third-order valence-electron chi connectivity index (χ3n) is 2.33. The minimum Gasteiger partial charge on any atom is -0.383 e. The van der Waals surface area contributed by atoms with Gasteiger partial charge in [-0.25, -0.2) is 0 Å². The summed E-state index contributed by atoms with van der Waals surface area (Å²) in [6.07, 6.45) is 7.21. The van der Waals surface area contributed by atoms with Gasteiger partial charge in [0.2, 0.25) is 5.91 Å². The van der Waals surface area contributed by atoms with E-state index in [2.05, 4.69) is 22.7 Å². The standard InChI is InChI=1S/C11H20N4O/c1-3-4-5-6-13-10-7-14-15(8-10)9-11(16)12-2/h7-8,13H,3-6,9H2,1-2H3,(H,12,16). The summed E-state index contributed by atoms with van der Waals surface area (Å²) >= 11 is 0. The maximum atomic E-state index is 11.1. The summed E-state index contributed by atoms with van der Waals surface area (Å²) in [7, 11) is 1.62. The highest BCUT2D eigenvalue weighted by Gasteiger charge is 2.01. The number of hydrogen-bond acceptors (Lipinski definition) is 3. The average Bonchev–Trinajstić information content (AvgIpc) is 2.72. The predicted molar refractivity (Wildman–Crippen MR) is 64.3 cm³/mol. The second-order valence-electron chi connectivity index (χ2n) is 3.73. The number of hydrogen-bond donors (Lipinski definition) is 2. The molecule has 0 aliphatic heterocycles. The summed E-state index contributed by atoms with van der Waals surface area (Å²) in [4.78, 5) is 11.1. The second-order valence-corrected chi connectivity index (χ2v) is 3.73. The highest BCUT2D eigenvalue weighted by Crippen LogP contribution is 2.05. The summed E-state index contributed by atoms with van der Waals surface area (Å²) in [5.74, 6) is -0.0411. The van der Waals surface area contributed by atoms with Crippen molar-refractivity contribution in [3.8, 4) is 0 Å². The third kappa shape index (κ3) is 4.33. The van der Waals surface area contributed by atoms with Crippen molar-refractivity contribution in [1.82, 2.24) is 15.1 Å². The van der Waals surface area contributed by atoms with Crippen molar-refractivity contribution >= 4 is 11.6 Å². The van der Waals surface area contributed by atoms with Crippen molar-refractivity contribution < 1.29 is 4.79 Å². The number of carbonyl (C=O) groups excluding carboxylic acids is 1. The van der Waals surface area contributed by atoms with Crippen LogP contribution < -0.4 is 10.6 Å². The van der Waals surface area contributed by atoms with Crippen molar-refractivity contribution in [1.29, 1.82) is 0 Å². The fraction of sp³-hybridized carbons (Fsp3) is 0.636. The molecule has 1 rings (SSSR count). The number of rotatable bonds is 7. The summed E-state index contributed by atoms with van der Waals surface area (Å²) < 4.78 is 1.63. The van der Waals surface area contributed by atoms with Gasteiger partial charge in [0, 0.05) is 19.8 Å². The lowest BCUT2D eigenvalue weighted by Crippen LogP contribution is -2.23. The molecular weight excluding hydrogens is 204 g/mol. The molecule has 0 aliphatic carbocycles. The van der Waals surface area contributed by atoms with E-state index in [1.54, 1.807) is 17.9 Å². The van der Waals surface area contributed by atoms with Gasteiger partial charge < -0.3 is 10.6 Å². The molecule has 0 aliphatic rings. The normalized spacial score (nSPS) is 10.1. The van der Waals surface area contributed by atoms with Crippen molar-refractivity contribution in [2.24, 2.45) is 0 Å². The van der Waals surface area contributed by atoms with Crippen LogP contribution in [0.5, 0.6) is 0 Å². The van der Waals surface area contributed by atoms with E-state index in [1.807, 2.05) is 6.20 Å². The van der Waals surface area contributed by atoms with Gasteiger partial charge in [-0.2, -0.15) is 5.10 Å². The van der Waals surface area contributed by atoms with Crippen LogP contribution in [0.1, 0.15) is 26.2 Å². The van der Waals surface area contributed by atoms with Crippen LogP contribution in [-0.2, 0) is 11.3 Å². The van der Waals surface area contributed by atoms with Crippen molar-refractivity contribution in [3.05, 3.63) is 12.4 Å². The van der Waals surface area contributed by atoms with Crippen LogP contribution in [0.15, 0.2) is 12.4 Å². The number of unbranched alkanes of at least 4 members (excludes halogenated alkanes) is 2. The monoisotopic (exact) mass is 224 g/mol. The Bertz CT molecular complexity index is 322. The Kier molecular flexibility index (Phi) is 5.39. The van der Waals surface area contributed by atoms with Crippen LogP contribution in [0.4, 0.5) is 5.69 Å². The van der Waals surface area contributed by atoms with E-state index in [1.165, 1.54) is 12.8 Å². The Labute approximate surface area is 96.2 Å². The number of nitrogens with zero attached hydrogens (tertiary/aromatic N) is 2. The van der Waals surface area contributed by atoms with E-state index in [0.29, 0.717) is 0 Å². The number of likely N-dealkylation sites (N-methyl/N-ethyl adjacent to an activating group) is 1. The number of aromatic nitrogens is 2. The first-order valence-electron chi connectivity index (χ1n) is 5.73. The minimum absolute atomic E-state index is 0.0411. The fourth-order valence-electron chi connectivity index (χ4n) is 1.38. The second kappa shape index (κ2) is 6.87. The maximum Gasteiger partial charge on any atom is 0.241 e. The molecule has 0 spiro atoms. The first-order chi connectivity index (χ1) is 7.76. The van der Waals surface area contributed by atoms with Gasteiger partial charge in [-0.3, -0.25) is 9.48 Å². The van der Waals surface area contributed by atoms with Crippen LogP contribution in [0.2, 0.25) is 0 Å². The van der Waals surface area contributed by atoms with Gasteiger partial charge in [0.1, 0.15) is 6.54 Å². The lowest BCUT2D eigenvalue weighted by molar-refractivity contribution is -0.121. The van der Waals surface area contributed by atoms with Crippen LogP contribution in [0.3, 0.4) is 0 Å². The quantitative estimate of drug-likeness (QED) is 0.685. The van der Waals surface area contributed by atoms with Gasteiger partial charge in [0.15, 0.2) is 0 Å². The van der Waals surface area contributed by atoms with Gasteiger partial charge in [-0.1, -0.05) is 19.8 Å². The van der Waals surface area contributed by atoms with Gasteiger partial charge in [-0.05, 0) is 6.42 Å². The van der Waals surface area contributed by atoms with E-state index < -0.39 is 0 Å². The molecule has 0 unspecified atom stereocenters. The van der Waals surface area contributed by atoms with Gasteiger partial charge in [0.25, 0.3) is 0 Å². The number of amides is 1. The number of anilines is 1. The smallest absolute Gasteiger partial charge is 0.241 e. The third-order valence-corrected chi connectivity index (χ3v) is 2.33. The van der Waals surface area contributed by atoms with Gasteiger partial charge in [-0.15, -0.1) is 0 Å². The molecule has 16 heavy (non-hydrogen) atoms. The SMILES string of the molecule is CCCCCNc1cnn(CC(=O)NC)c1. The molecule has 1 heterocycles. The molecule has 1 aromatic heterocycles. The molecule has 5 heteroatoms. The Balaban J connectivity index is 2.30. The highest BCUT2D eigenvalue weighted by molar-refractivity contribution is 5.75. The largest absolute Gasteiger partial charge is 0.383 e. The molecule has 0 radical (unpaired) electrons. The molecule has 0 aromatic carbocycles.